The molecule has 1 saturated heterocycles. The van der Waals surface area contributed by atoms with Crippen molar-refractivity contribution in [1.82, 2.24) is 9.55 Å². The van der Waals surface area contributed by atoms with Crippen LogP contribution in [0.4, 0.5) is 5.82 Å². The van der Waals surface area contributed by atoms with Gasteiger partial charge in [-0.05, 0) is 12.0 Å². The Labute approximate surface area is 171 Å². The monoisotopic (exact) mass is 425 g/mol. The number of anilines is 1. The van der Waals surface area contributed by atoms with Crippen molar-refractivity contribution < 1.29 is 38.9 Å². The molecule has 164 valence electrons. The molecular formula is C18H23N3O9. The van der Waals surface area contributed by atoms with Crippen molar-refractivity contribution in [2.45, 2.75) is 51.1 Å². The standard InChI is InChI=1S/C18H23N3O9/c1-9(2)7-14(24)27-8-10-15-16(30-13(23)4-3-12(22)29-15)17(28-10)21-6-5-11(20-26)19-18(21)25/h3-6,9-10,14-17,24,26H,7-8H2,1-2H3,(H,19,20,25)/b4-3-/t10-,14?,15-,16-,17-/m1/s1. The molecule has 1 fully saturated rings. The van der Waals surface area contributed by atoms with Crippen molar-refractivity contribution in [2.75, 3.05) is 12.1 Å². The molecule has 1 aromatic heterocycles. The summed E-state index contributed by atoms with van der Waals surface area (Å²) in [6, 6.07) is 1.30. The number of aliphatic hydroxyl groups is 1. The Bertz CT molecular complexity index is 869. The first kappa shape index (κ1) is 21.9. The summed E-state index contributed by atoms with van der Waals surface area (Å²) >= 11 is 0. The molecule has 0 saturated carbocycles. The molecule has 0 bridgehead atoms. The van der Waals surface area contributed by atoms with Crippen LogP contribution in [-0.2, 0) is 28.5 Å². The second-order valence-corrected chi connectivity index (χ2v) is 7.23. The molecule has 1 unspecified atom stereocenters. The lowest BCUT2D eigenvalue weighted by atomic mass is 10.1. The number of esters is 2. The van der Waals surface area contributed by atoms with Gasteiger partial charge in [0.05, 0.1) is 6.61 Å². The lowest BCUT2D eigenvalue weighted by Crippen LogP contribution is -2.43. The minimum atomic E-state index is -1.18. The first-order valence-corrected chi connectivity index (χ1v) is 9.32. The zero-order valence-corrected chi connectivity index (χ0v) is 16.3. The van der Waals surface area contributed by atoms with Gasteiger partial charge in [-0.15, -0.1) is 0 Å². The van der Waals surface area contributed by atoms with Crippen molar-refractivity contribution in [3.63, 3.8) is 0 Å². The van der Waals surface area contributed by atoms with Gasteiger partial charge in [-0.1, -0.05) is 13.8 Å². The summed E-state index contributed by atoms with van der Waals surface area (Å²) in [4.78, 5) is 39.9. The second kappa shape index (κ2) is 9.34. The molecule has 3 rings (SSSR count). The average molecular weight is 425 g/mol. The Kier molecular flexibility index (Phi) is 6.82. The Morgan fingerprint density at radius 3 is 2.47 bits per heavy atom. The maximum absolute atomic E-state index is 12.3. The van der Waals surface area contributed by atoms with Crippen molar-refractivity contribution in [2.24, 2.45) is 5.92 Å². The Morgan fingerprint density at radius 2 is 1.87 bits per heavy atom. The van der Waals surface area contributed by atoms with Crippen LogP contribution in [0.2, 0.25) is 0 Å². The number of carbonyl (C=O) groups excluding carboxylic acids is 2. The van der Waals surface area contributed by atoms with E-state index in [2.05, 4.69) is 4.98 Å². The molecule has 0 spiro atoms. The topological polar surface area (TPSA) is 158 Å². The van der Waals surface area contributed by atoms with Crippen LogP contribution in [-0.4, -0.2) is 63.0 Å². The van der Waals surface area contributed by atoms with Gasteiger partial charge in [0, 0.05) is 24.8 Å². The van der Waals surface area contributed by atoms with Crippen molar-refractivity contribution in [1.29, 1.82) is 0 Å². The van der Waals surface area contributed by atoms with Crippen LogP contribution in [0, 0.1) is 5.92 Å². The quantitative estimate of drug-likeness (QED) is 0.299. The van der Waals surface area contributed by atoms with Gasteiger partial charge in [-0.3, -0.25) is 15.3 Å². The Hall–Kier alpha value is -2.80. The summed E-state index contributed by atoms with van der Waals surface area (Å²) in [5.41, 5.74) is 0.947. The van der Waals surface area contributed by atoms with E-state index in [0.717, 1.165) is 16.7 Å². The molecule has 0 amide bonds. The molecule has 0 aromatic carbocycles. The fraction of sp³-hybridized carbons (Fsp3) is 0.556. The zero-order valence-electron chi connectivity index (χ0n) is 16.3. The molecule has 3 heterocycles. The fourth-order valence-electron chi connectivity index (χ4n) is 3.16. The first-order valence-electron chi connectivity index (χ1n) is 9.32. The molecule has 30 heavy (non-hydrogen) atoms. The SMILES string of the molecule is CC(C)CC(O)OC[C@H]1O[C@@H](n2ccc(NO)nc2=O)[C@@H]2OC(=O)/C=C\C(=O)O[C@@H]21. The normalized spacial score (nSPS) is 28.2. The number of hydrogen-bond donors (Lipinski definition) is 3. The summed E-state index contributed by atoms with van der Waals surface area (Å²) in [6.45, 7) is 3.65. The van der Waals surface area contributed by atoms with Gasteiger partial charge in [0.25, 0.3) is 0 Å². The average Bonchev–Trinajstić information content (AvgIpc) is 2.99. The molecule has 2 aliphatic rings. The van der Waals surface area contributed by atoms with Crippen LogP contribution in [0.15, 0.2) is 29.2 Å². The van der Waals surface area contributed by atoms with Crippen LogP contribution < -0.4 is 11.2 Å². The summed E-state index contributed by atoms with van der Waals surface area (Å²) < 4.78 is 23.0. The molecule has 1 aromatic rings. The van der Waals surface area contributed by atoms with Gasteiger partial charge >= 0.3 is 17.6 Å². The summed E-state index contributed by atoms with van der Waals surface area (Å²) in [5, 5.41) is 18.9. The highest BCUT2D eigenvalue weighted by atomic mass is 16.7. The van der Waals surface area contributed by atoms with E-state index < -0.39 is 48.5 Å². The summed E-state index contributed by atoms with van der Waals surface area (Å²) in [5.74, 6) is -1.51. The molecule has 12 heteroatoms. The lowest BCUT2D eigenvalue weighted by molar-refractivity contribution is -0.168. The number of carbonyl (C=O) groups is 2. The number of hydrogen-bond acceptors (Lipinski definition) is 11. The summed E-state index contributed by atoms with van der Waals surface area (Å²) in [7, 11) is 0. The third-order valence-electron chi connectivity index (χ3n) is 4.49. The van der Waals surface area contributed by atoms with Crippen LogP contribution in [0.5, 0.6) is 0 Å². The van der Waals surface area contributed by atoms with Gasteiger partial charge in [-0.2, -0.15) is 4.98 Å². The molecule has 2 aliphatic heterocycles. The summed E-state index contributed by atoms with van der Waals surface area (Å²) in [6.07, 6.45) is -1.97. The number of nitrogens with zero attached hydrogens (tertiary/aromatic N) is 2. The molecule has 12 nitrogen and oxygen atoms in total. The number of rotatable bonds is 7. The van der Waals surface area contributed by atoms with Crippen molar-refractivity contribution >= 4 is 17.8 Å². The largest absolute Gasteiger partial charge is 0.452 e. The van der Waals surface area contributed by atoms with Gasteiger partial charge in [-0.25, -0.2) is 14.4 Å². The van der Waals surface area contributed by atoms with E-state index >= 15 is 0 Å². The molecule has 5 atom stereocenters. The van der Waals surface area contributed by atoms with Crippen molar-refractivity contribution in [3.05, 3.63) is 34.9 Å². The van der Waals surface area contributed by atoms with Gasteiger partial charge in [0.15, 0.2) is 30.5 Å². The predicted molar refractivity (Wildman–Crippen MR) is 98.1 cm³/mol. The fourth-order valence-corrected chi connectivity index (χ4v) is 3.16. The first-order chi connectivity index (χ1) is 14.3. The minimum Gasteiger partial charge on any atom is -0.452 e. The molecule has 0 aliphatic carbocycles. The minimum absolute atomic E-state index is 0.0912. The number of aliphatic hydroxyl groups excluding tert-OH is 1. The maximum Gasteiger partial charge on any atom is 0.351 e. The second-order valence-electron chi connectivity index (χ2n) is 7.23. The van der Waals surface area contributed by atoms with E-state index in [-0.39, 0.29) is 18.3 Å². The van der Waals surface area contributed by atoms with Crippen LogP contribution in [0.25, 0.3) is 0 Å². The van der Waals surface area contributed by atoms with Gasteiger partial charge in [0.1, 0.15) is 6.10 Å². The molecular weight excluding hydrogens is 402 g/mol. The number of nitrogens with one attached hydrogen (secondary N) is 1. The number of ether oxygens (including phenoxy) is 4. The van der Waals surface area contributed by atoms with E-state index in [4.69, 9.17) is 24.2 Å². The third kappa shape index (κ3) is 5.02. The highest BCUT2D eigenvalue weighted by Gasteiger charge is 2.51. The molecule has 3 N–H and O–H groups in total. The highest BCUT2D eigenvalue weighted by molar-refractivity contribution is 5.92. The van der Waals surface area contributed by atoms with E-state index in [0.29, 0.717) is 6.42 Å². The van der Waals surface area contributed by atoms with E-state index in [1.165, 1.54) is 12.3 Å². The highest BCUT2D eigenvalue weighted by Crippen LogP contribution is 2.34. The Balaban J connectivity index is 1.87. The van der Waals surface area contributed by atoms with Gasteiger partial charge in [0.2, 0.25) is 0 Å². The van der Waals surface area contributed by atoms with Crippen molar-refractivity contribution in [3.8, 4) is 0 Å². The smallest absolute Gasteiger partial charge is 0.351 e. The van der Waals surface area contributed by atoms with Crippen LogP contribution >= 0.6 is 0 Å². The predicted octanol–water partition coefficient (Wildman–Crippen LogP) is -0.284. The zero-order chi connectivity index (χ0) is 21.8. The van der Waals surface area contributed by atoms with E-state index in [9.17, 15) is 19.5 Å². The number of aromatic nitrogens is 2. The lowest BCUT2D eigenvalue weighted by Gasteiger charge is -2.25. The van der Waals surface area contributed by atoms with E-state index in [1.54, 1.807) is 5.48 Å². The third-order valence-corrected chi connectivity index (χ3v) is 4.49. The Morgan fingerprint density at radius 1 is 1.20 bits per heavy atom. The van der Waals surface area contributed by atoms with Gasteiger partial charge < -0.3 is 24.1 Å². The van der Waals surface area contributed by atoms with Crippen LogP contribution in [0.3, 0.4) is 0 Å². The van der Waals surface area contributed by atoms with Crippen LogP contribution in [0.1, 0.15) is 26.5 Å². The molecule has 0 radical (unpaired) electrons. The number of fused-ring (bicyclic) bond motifs is 1. The maximum atomic E-state index is 12.3. The van der Waals surface area contributed by atoms with E-state index in [1.807, 2.05) is 13.8 Å².